The lowest BCUT2D eigenvalue weighted by molar-refractivity contribution is -0.119. The van der Waals surface area contributed by atoms with Gasteiger partial charge in [-0.2, -0.15) is 0 Å². The highest BCUT2D eigenvalue weighted by atomic mass is 127. The van der Waals surface area contributed by atoms with Gasteiger partial charge in [-0.05, 0) is 38.5 Å². The quantitative estimate of drug-likeness (QED) is 0.292. The molecule has 27 heavy (non-hydrogen) atoms. The number of hydrogen-bond donors (Lipinski definition) is 3. The fraction of sp³-hybridized carbons (Fsp3) is 0.389. The van der Waals surface area contributed by atoms with Crippen LogP contribution in [0.25, 0.3) is 0 Å². The van der Waals surface area contributed by atoms with Crippen molar-refractivity contribution in [2.45, 2.75) is 33.9 Å². The van der Waals surface area contributed by atoms with Crippen molar-refractivity contribution in [3.8, 4) is 5.75 Å². The fourth-order valence-corrected chi connectivity index (χ4v) is 3.05. The zero-order valence-corrected chi connectivity index (χ0v) is 18.9. The largest absolute Gasteiger partial charge is 0.484 e. The number of amides is 1. The van der Waals surface area contributed by atoms with E-state index in [4.69, 9.17) is 10.5 Å². The molecule has 1 heterocycles. The molecule has 0 fully saturated rings. The number of halogens is 1. The van der Waals surface area contributed by atoms with Gasteiger partial charge in [-0.25, -0.2) is 9.98 Å². The molecule has 148 valence electrons. The Bertz CT molecular complexity index is 759. The molecule has 0 bridgehead atoms. The predicted molar refractivity (Wildman–Crippen MR) is 120 cm³/mol. The number of nitrogens with two attached hydrogens (primary N) is 1. The molecular weight excluding hydrogens is 477 g/mol. The summed E-state index contributed by atoms with van der Waals surface area (Å²) < 4.78 is 5.32. The van der Waals surface area contributed by atoms with Crippen molar-refractivity contribution in [3.63, 3.8) is 0 Å². The van der Waals surface area contributed by atoms with Crippen LogP contribution in [0, 0.1) is 13.8 Å². The fourth-order valence-electron chi connectivity index (χ4n) is 2.17. The number of aryl methyl sites for hydroxylation is 2. The predicted octanol–water partition coefficient (Wildman–Crippen LogP) is 2.50. The van der Waals surface area contributed by atoms with E-state index in [1.807, 2.05) is 32.0 Å². The highest BCUT2D eigenvalue weighted by Gasteiger charge is 2.05. The topological polar surface area (TPSA) is 102 Å². The van der Waals surface area contributed by atoms with E-state index in [9.17, 15) is 4.79 Å². The molecule has 7 nitrogen and oxygen atoms in total. The van der Waals surface area contributed by atoms with Crippen LogP contribution in [0.1, 0.15) is 28.1 Å². The molecule has 2 rings (SSSR count). The molecule has 2 aromatic rings. The number of ether oxygens (including phenoxy) is 1. The third-order valence-corrected chi connectivity index (χ3v) is 4.60. The molecular formula is C18H26IN5O2S. The summed E-state index contributed by atoms with van der Waals surface area (Å²) in [5.41, 5.74) is 7.14. The maximum atomic E-state index is 10.8. The molecule has 0 unspecified atom stereocenters. The van der Waals surface area contributed by atoms with Crippen LogP contribution in [0.2, 0.25) is 0 Å². The van der Waals surface area contributed by atoms with Crippen LogP contribution in [-0.2, 0) is 17.9 Å². The molecule has 9 heteroatoms. The van der Waals surface area contributed by atoms with E-state index < -0.39 is 5.91 Å². The summed E-state index contributed by atoms with van der Waals surface area (Å²) >= 11 is 1.69. The molecule has 1 amide bonds. The molecule has 0 spiro atoms. The Kier molecular flexibility index (Phi) is 10.1. The summed E-state index contributed by atoms with van der Waals surface area (Å²) in [4.78, 5) is 21.2. The van der Waals surface area contributed by atoms with Crippen molar-refractivity contribution in [1.29, 1.82) is 0 Å². The van der Waals surface area contributed by atoms with Gasteiger partial charge in [-0.3, -0.25) is 4.79 Å². The van der Waals surface area contributed by atoms with Gasteiger partial charge in [0.1, 0.15) is 10.8 Å². The molecule has 0 saturated carbocycles. The molecule has 1 aromatic heterocycles. The van der Waals surface area contributed by atoms with Crippen molar-refractivity contribution in [1.82, 2.24) is 15.6 Å². The number of aliphatic imine (C=N–C) groups is 1. The number of carbonyl (C=O) groups is 1. The number of aromatic nitrogens is 1. The summed E-state index contributed by atoms with van der Waals surface area (Å²) in [6.07, 6.45) is 0. The standard InChI is InChI=1S/C18H25N5O2S.HI/c1-4-20-18(22-10-17-23-12(2)13(3)26-17)21-9-14-6-5-7-15(8-14)25-11-16(19)24;/h5-8H,4,9-11H2,1-3H3,(H2,19,24)(H2,20,21,22);1H. The number of primary amides is 1. The number of nitrogens with one attached hydrogen (secondary N) is 2. The summed E-state index contributed by atoms with van der Waals surface area (Å²) in [6.45, 7) is 7.86. The second kappa shape index (κ2) is 11.8. The molecule has 0 radical (unpaired) electrons. The van der Waals surface area contributed by atoms with Crippen LogP contribution in [-0.4, -0.2) is 30.0 Å². The van der Waals surface area contributed by atoms with E-state index in [1.54, 1.807) is 17.4 Å². The van der Waals surface area contributed by atoms with Gasteiger partial charge in [0.15, 0.2) is 12.6 Å². The number of benzene rings is 1. The minimum atomic E-state index is -0.500. The van der Waals surface area contributed by atoms with E-state index in [0.29, 0.717) is 18.8 Å². The van der Waals surface area contributed by atoms with Crippen LogP contribution in [0.15, 0.2) is 29.3 Å². The van der Waals surface area contributed by atoms with Crippen LogP contribution in [0.3, 0.4) is 0 Å². The number of carbonyl (C=O) groups excluding carboxylic acids is 1. The van der Waals surface area contributed by atoms with Crippen molar-refractivity contribution in [2.75, 3.05) is 13.2 Å². The minimum Gasteiger partial charge on any atom is -0.484 e. The Labute approximate surface area is 180 Å². The molecule has 4 N–H and O–H groups in total. The second-order valence-corrected chi connectivity index (χ2v) is 6.99. The average molecular weight is 503 g/mol. The first kappa shape index (κ1) is 23.2. The van der Waals surface area contributed by atoms with Gasteiger partial charge < -0.3 is 21.1 Å². The number of thiazole rings is 1. The van der Waals surface area contributed by atoms with Crippen molar-refractivity contribution in [3.05, 3.63) is 45.4 Å². The minimum absolute atomic E-state index is 0. The first-order chi connectivity index (χ1) is 12.5. The van der Waals surface area contributed by atoms with Gasteiger partial charge >= 0.3 is 0 Å². The number of hydrogen-bond acceptors (Lipinski definition) is 5. The summed E-state index contributed by atoms with van der Waals surface area (Å²) in [6, 6.07) is 7.46. The van der Waals surface area contributed by atoms with E-state index >= 15 is 0 Å². The second-order valence-electron chi connectivity index (χ2n) is 5.70. The number of nitrogens with zero attached hydrogens (tertiary/aromatic N) is 2. The smallest absolute Gasteiger partial charge is 0.255 e. The van der Waals surface area contributed by atoms with Gasteiger partial charge in [0.2, 0.25) is 0 Å². The summed E-state index contributed by atoms with van der Waals surface area (Å²) in [5, 5.41) is 7.55. The molecule has 0 aliphatic carbocycles. The van der Waals surface area contributed by atoms with Gasteiger partial charge in [0, 0.05) is 11.4 Å². The SMILES string of the molecule is CCNC(=NCc1cccc(OCC(N)=O)c1)NCc1nc(C)c(C)s1.I. The van der Waals surface area contributed by atoms with E-state index in [-0.39, 0.29) is 30.6 Å². The van der Waals surface area contributed by atoms with Crippen LogP contribution in [0.5, 0.6) is 5.75 Å². The van der Waals surface area contributed by atoms with Gasteiger partial charge in [-0.15, -0.1) is 35.3 Å². The van der Waals surface area contributed by atoms with Gasteiger partial charge in [0.05, 0.1) is 18.8 Å². The highest BCUT2D eigenvalue weighted by Crippen LogP contribution is 2.16. The van der Waals surface area contributed by atoms with Crippen LogP contribution < -0.4 is 21.1 Å². The Morgan fingerprint density at radius 2 is 2.11 bits per heavy atom. The lowest BCUT2D eigenvalue weighted by Crippen LogP contribution is -2.36. The Morgan fingerprint density at radius 1 is 1.33 bits per heavy atom. The number of rotatable bonds is 8. The molecule has 0 saturated heterocycles. The molecule has 0 aliphatic rings. The summed E-state index contributed by atoms with van der Waals surface area (Å²) in [5.74, 6) is 0.823. The molecule has 0 atom stereocenters. The average Bonchev–Trinajstić information content (AvgIpc) is 2.94. The van der Waals surface area contributed by atoms with E-state index in [2.05, 4.69) is 27.5 Å². The van der Waals surface area contributed by atoms with Gasteiger partial charge in [-0.1, -0.05) is 12.1 Å². The first-order valence-electron chi connectivity index (χ1n) is 8.43. The third kappa shape index (κ3) is 8.12. The normalized spacial score (nSPS) is 10.9. The lowest BCUT2D eigenvalue weighted by Gasteiger charge is -2.10. The Balaban J connectivity index is 0.00000364. The summed E-state index contributed by atoms with van der Waals surface area (Å²) in [7, 11) is 0. The molecule has 1 aromatic carbocycles. The van der Waals surface area contributed by atoms with Gasteiger partial charge in [0.25, 0.3) is 5.91 Å². The lowest BCUT2D eigenvalue weighted by atomic mass is 10.2. The van der Waals surface area contributed by atoms with Crippen molar-refractivity contribution < 1.29 is 9.53 Å². The van der Waals surface area contributed by atoms with E-state index in [0.717, 1.165) is 28.8 Å². The maximum absolute atomic E-state index is 10.8. The van der Waals surface area contributed by atoms with Crippen LogP contribution in [0.4, 0.5) is 0 Å². The van der Waals surface area contributed by atoms with Crippen molar-refractivity contribution in [2.24, 2.45) is 10.7 Å². The molecule has 0 aliphatic heterocycles. The first-order valence-corrected chi connectivity index (χ1v) is 9.24. The van der Waals surface area contributed by atoms with Crippen molar-refractivity contribution >= 4 is 47.2 Å². The highest BCUT2D eigenvalue weighted by molar-refractivity contribution is 14.0. The zero-order valence-electron chi connectivity index (χ0n) is 15.7. The maximum Gasteiger partial charge on any atom is 0.255 e. The third-order valence-electron chi connectivity index (χ3n) is 3.52. The number of guanidine groups is 1. The monoisotopic (exact) mass is 503 g/mol. The van der Waals surface area contributed by atoms with Crippen LogP contribution >= 0.6 is 35.3 Å². The van der Waals surface area contributed by atoms with E-state index in [1.165, 1.54) is 4.88 Å². The Morgan fingerprint density at radius 3 is 2.74 bits per heavy atom. The zero-order chi connectivity index (χ0) is 18.9. The Hall–Kier alpha value is -1.88.